The molecule has 5 heteroatoms. The highest BCUT2D eigenvalue weighted by molar-refractivity contribution is 7.98. The van der Waals surface area contributed by atoms with E-state index in [1.165, 1.54) is 0 Å². The maximum atomic E-state index is 12.1. The van der Waals surface area contributed by atoms with Crippen LogP contribution in [0.2, 0.25) is 0 Å². The number of nitrogens with one attached hydrogen (secondary N) is 1. The van der Waals surface area contributed by atoms with Crippen molar-refractivity contribution in [3.8, 4) is 5.75 Å². The molecule has 0 aliphatic carbocycles. The monoisotopic (exact) mass is 302 g/mol. The summed E-state index contributed by atoms with van der Waals surface area (Å²) < 4.78 is 5.53. The number of hydrogen-bond acceptors (Lipinski definition) is 4. The van der Waals surface area contributed by atoms with E-state index in [4.69, 9.17) is 10.5 Å². The summed E-state index contributed by atoms with van der Waals surface area (Å²) in [5.41, 5.74) is 7.01. The van der Waals surface area contributed by atoms with Crippen LogP contribution < -0.4 is 15.8 Å². The van der Waals surface area contributed by atoms with Crippen LogP contribution in [0.3, 0.4) is 0 Å². The molecule has 0 unspecified atom stereocenters. The molecule has 0 aliphatic heterocycles. The van der Waals surface area contributed by atoms with Crippen molar-refractivity contribution in [3.05, 3.63) is 54.1 Å². The molecule has 0 spiro atoms. The Morgan fingerprint density at radius 3 is 2.81 bits per heavy atom. The predicted octanol–water partition coefficient (Wildman–Crippen LogP) is 2.80. The number of carbonyl (C=O) groups is 1. The molecule has 0 saturated heterocycles. The smallest absolute Gasteiger partial charge is 0.252 e. The van der Waals surface area contributed by atoms with E-state index in [2.05, 4.69) is 5.32 Å². The molecule has 0 aromatic heterocycles. The molecule has 0 saturated carbocycles. The summed E-state index contributed by atoms with van der Waals surface area (Å²) in [5.74, 6) is 0.616. The topological polar surface area (TPSA) is 64.3 Å². The van der Waals surface area contributed by atoms with Gasteiger partial charge in [-0.3, -0.25) is 4.79 Å². The molecule has 3 N–H and O–H groups in total. The Morgan fingerprint density at radius 2 is 2.05 bits per heavy atom. The first kappa shape index (κ1) is 15.3. The maximum Gasteiger partial charge on any atom is 0.252 e. The average Bonchev–Trinajstić information content (AvgIpc) is 2.51. The molecule has 110 valence electrons. The summed E-state index contributed by atoms with van der Waals surface area (Å²) >= 11 is 1.56. The van der Waals surface area contributed by atoms with Crippen molar-refractivity contribution < 1.29 is 9.53 Å². The molecule has 0 aliphatic rings. The van der Waals surface area contributed by atoms with Gasteiger partial charge in [-0.05, 0) is 30.5 Å². The van der Waals surface area contributed by atoms with Crippen molar-refractivity contribution in [1.82, 2.24) is 5.32 Å². The summed E-state index contributed by atoms with van der Waals surface area (Å²) in [4.78, 5) is 13.1. The van der Waals surface area contributed by atoms with Gasteiger partial charge in [0.25, 0.3) is 5.91 Å². The van der Waals surface area contributed by atoms with Gasteiger partial charge in [0.2, 0.25) is 0 Å². The van der Waals surface area contributed by atoms with Crippen molar-refractivity contribution in [1.29, 1.82) is 0 Å². The van der Waals surface area contributed by atoms with Gasteiger partial charge in [-0.1, -0.05) is 18.2 Å². The Balaban J connectivity index is 1.82. The van der Waals surface area contributed by atoms with Gasteiger partial charge in [0, 0.05) is 16.6 Å². The van der Waals surface area contributed by atoms with Crippen molar-refractivity contribution >= 4 is 23.4 Å². The summed E-state index contributed by atoms with van der Waals surface area (Å²) in [6, 6.07) is 14.8. The van der Waals surface area contributed by atoms with E-state index < -0.39 is 0 Å². The number of rotatable bonds is 6. The minimum absolute atomic E-state index is 0.0869. The lowest BCUT2D eigenvalue weighted by Crippen LogP contribution is -2.28. The molecule has 1 amide bonds. The average molecular weight is 302 g/mol. The Morgan fingerprint density at radius 1 is 1.24 bits per heavy atom. The molecule has 0 heterocycles. The number of hydrogen-bond donors (Lipinski definition) is 2. The molecular formula is C16H18N2O2S. The van der Waals surface area contributed by atoms with Gasteiger partial charge in [-0.2, -0.15) is 0 Å². The van der Waals surface area contributed by atoms with Crippen LogP contribution in [0.15, 0.2) is 53.4 Å². The van der Waals surface area contributed by atoms with Crippen LogP contribution in [0, 0.1) is 0 Å². The second kappa shape index (κ2) is 7.59. The number of anilines is 1. The van der Waals surface area contributed by atoms with Gasteiger partial charge in [0.05, 0.1) is 12.1 Å². The van der Waals surface area contributed by atoms with E-state index >= 15 is 0 Å². The fourth-order valence-corrected chi connectivity index (χ4v) is 2.46. The highest BCUT2D eigenvalue weighted by atomic mass is 32.2. The van der Waals surface area contributed by atoms with Crippen molar-refractivity contribution in [2.45, 2.75) is 4.90 Å². The lowest BCUT2D eigenvalue weighted by Gasteiger charge is -2.10. The zero-order chi connectivity index (χ0) is 15.1. The summed E-state index contributed by atoms with van der Waals surface area (Å²) in [6.45, 7) is 0.840. The highest BCUT2D eigenvalue weighted by Crippen LogP contribution is 2.19. The van der Waals surface area contributed by atoms with Gasteiger partial charge in [0.15, 0.2) is 0 Å². The molecule has 4 nitrogen and oxygen atoms in total. The van der Waals surface area contributed by atoms with Gasteiger partial charge >= 0.3 is 0 Å². The molecular weight excluding hydrogens is 284 g/mol. The van der Waals surface area contributed by atoms with E-state index in [0.717, 1.165) is 4.90 Å². The van der Waals surface area contributed by atoms with Crippen LogP contribution in [0.4, 0.5) is 5.69 Å². The second-order valence-corrected chi connectivity index (χ2v) is 5.23. The fraction of sp³-hybridized carbons (Fsp3) is 0.188. The largest absolute Gasteiger partial charge is 0.492 e. The van der Waals surface area contributed by atoms with Gasteiger partial charge in [0.1, 0.15) is 12.4 Å². The molecule has 2 aromatic carbocycles. The first-order chi connectivity index (χ1) is 10.2. The van der Waals surface area contributed by atoms with E-state index in [-0.39, 0.29) is 5.91 Å². The third-order valence-corrected chi connectivity index (χ3v) is 3.66. The standard InChI is InChI=1S/C16H18N2O2S/c1-21-15-8-3-2-7-14(15)16(19)18-9-10-20-13-6-4-5-12(17)11-13/h2-8,11H,9-10,17H2,1H3,(H,18,19). The molecule has 0 atom stereocenters. The van der Waals surface area contributed by atoms with Crippen LogP contribution in [-0.4, -0.2) is 25.3 Å². The lowest BCUT2D eigenvalue weighted by atomic mass is 10.2. The Kier molecular flexibility index (Phi) is 5.51. The first-order valence-corrected chi connectivity index (χ1v) is 7.82. The van der Waals surface area contributed by atoms with Crippen LogP contribution in [0.25, 0.3) is 0 Å². The molecule has 2 rings (SSSR count). The lowest BCUT2D eigenvalue weighted by molar-refractivity contribution is 0.0944. The van der Waals surface area contributed by atoms with Gasteiger partial charge in [-0.15, -0.1) is 11.8 Å². The number of thioether (sulfide) groups is 1. The fourth-order valence-electron chi connectivity index (χ4n) is 1.87. The Labute approximate surface area is 128 Å². The minimum atomic E-state index is -0.0869. The van der Waals surface area contributed by atoms with Crippen LogP contribution >= 0.6 is 11.8 Å². The first-order valence-electron chi connectivity index (χ1n) is 6.60. The second-order valence-electron chi connectivity index (χ2n) is 4.38. The van der Waals surface area contributed by atoms with E-state index in [0.29, 0.717) is 30.2 Å². The van der Waals surface area contributed by atoms with E-state index in [1.807, 2.05) is 42.7 Å². The molecule has 0 fully saturated rings. The number of benzene rings is 2. The molecule has 2 aromatic rings. The normalized spacial score (nSPS) is 10.1. The zero-order valence-electron chi connectivity index (χ0n) is 11.8. The third kappa shape index (κ3) is 4.43. The van der Waals surface area contributed by atoms with Gasteiger partial charge in [-0.25, -0.2) is 0 Å². The van der Waals surface area contributed by atoms with Crippen molar-refractivity contribution in [2.75, 3.05) is 25.1 Å². The number of nitrogens with two attached hydrogens (primary N) is 1. The zero-order valence-corrected chi connectivity index (χ0v) is 12.7. The maximum absolute atomic E-state index is 12.1. The van der Waals surface area contributed by atoms with Gasteiger partial charge < -0.3 is 15.8 Å². The van der Waals surface area contributed by atoms with E-state index in [1.54, 1.807) is 23.9 Å². The van der Waals surface area contributed by atoms with Crippen molar-refractivity contribution in [3.63, 3.8) is 0 Å². The quantitative estimate of drug-likeness (QED) is 0.489. The highest BCUT2D eigenvalue weighted by Gasteiger charge is 2.09. The SMILES string of the molecule is CSc1ccccc1C(=O)NCCOc1cccc(N)c1. The molecule has 21 heavy (non-hydrogen) atoms. The molecule has 0 bridgehead atoms. The summed E-state index contributed by atoms with van der Waals surface area (Å²) in [6.07, 6.45) is 1.95. The van der Waals surface area contributed by atoms with Crippen LogP contribution in [0.5, 0.6) is 5.75 Å². The number of amides is 1. The summed E-state index contributed by atoms with van der Waals surface area (Å²) in [7, 11) is 0. The van der Waals surface area contributed by atoms with E-state index in [9.17, 15) is 4.79 Å². The van der Waals surface area contributed by atoms with Crippen LogP contribution in [-0.2, 0) is 0 Å². The predicted molar refractivity (Wildman–Crippen MR) is 86.9 cm³/mol. The minimum Gasteiger partial charge on any atom is -0.492 e. The number of nitrogen functional groups attached to an aromatic ring is 1. The number of carbonyl (C=O) groups excluding carboxylic acids is 1. The Hall–Kier alpha value is -2.14. The Bertz CT molecular complexity index is 617. The molecule has 0 radical (unpaired) electrons. The van der Waals surface area contributed by atoms with Crippen LogP contribution in [0.1, 0.15) is 10.4 Å². The third-order valence-electron chi connectivity index (χ3n) is 2.87. The summed E-state index contributed by atoms with van der Waals surface area (Å²) in [5, 5.41) is 2.85. The van der Waals surface area contributed by atoms with Crippen molar-refractivity contribution in [2.24, 2.45) is 0 Å². The number of ether oxygens (including phenoxy) is 1.